The summed E-state index contributed by atoms with van der Waals surface area (Å²) >= 11 is 7.35. The maximum atomic E-state index is 5.92. The average molecular weight is 426 g/mol. The van der Waals surface area contributed by atoms with Crippen LogP contribution in [-0.4, -0.2) is 25.4 Å². The van der Waals surface area contributed by atoms with Crippen LogP contribution in [0.4, 0.5) is 0 Å². The molecule has 2 aromatic carbocycles. The minimum atomic E-state index is 0.108. The molecule has 0 bridgehead atoms. The van der Waals surface area contributed by atoms with E-state index in [1.54, 1.807) is 0 Å². The first-order valence-electron chi connectivity index (χ1n) is 9.13. The summed E-state index contributed by atoms with van der Waals surface area (Å²) in [4.78, 5) is 4.49. The molecule has 0 spiro atoms. The van der Waals surface area contributed by atoms with Crippen LogP contribution < -0.4 is 0 Å². The number of nitrogens with zero attached hydrogens (tertiary/aromatic N) is 4. The SMILES string of the molecule is CC(C)(C)c1ccc(-c2nnc(CSc3n[nH]c(-c4ccc(Cl)cc4)n3)o2)cc1. The smallest absolute Gasteiger partial charge is 0.247 e. The lowest BCUT2D eigenvalue weighted by Gasteiger charge is -2.18. The maximum Gasteiger partial charge on any atom is 0.247 e. The van der Waals surface area contributed by atoms with Crippen molar-refractivity contribution >= 4 is 23.4 Å². The van der Waals surface area contributed by atoms with Crippen molar-refractivity contribution in [3.8, 4) is 22.8 Å². The molecule has 0 saturated heterocycles. The second-order valence-corrected chi connectivity index (χ2v) is 8.97. The molecule has 2 aromatic heterocycles. The third kappa shape index (κ3) is 4.68. The minimum Gasteiger partial charge on any atom is -0.420 e. The number of benzene rings is 2. The van der Waals surface area contributed by atoms with Gasteiger partial charge in [-0.2, -0.15) is 0 Å². The van der Waals surface area contributed by atoms with Gasteiger partial charge in [0.15, 0.2) is 5.82 Å². The van der Waals surface area contributed by atoms with Crippen LogP contribution in [0.15, 0.2) is 58.1 Å². The highest BCUT2D eigenvalue weighted by atomic mass is 35.5. The summed E-state index contributed by atoms with van der Waals surface area (Å²) in [6, 6.07) is 15.6. The Kier molecular flexibility index (Phi) is 5.43. The Morgan fingerprint density at radius 2 is 1.66 bits per heavy atom. The summed E-state index contributed by atoms with van der Waals surface area (Å²) in [5, 5.41) is 16.8. The number of rotatable bonds is 5. The molecule has 0 atom stereocenters. The number of thioether (sulfide) groups is 1. The van der Waals surface area contributed by atoms with Gasteiger partial charge in [-0.3, -0.25) is 5.10 Å². The number of aromatic nitrogens is 5. The first kappa shape index (κ1) is 19.7. The van der Waals surface area contributed by atoms with Gasteiger partial charge in [0.2, 0.25) is 16.9 Å². The van der Waals surface area contributed by atoms with Gasteiger partial charge >= 0.3 is 0 Å². The zero-order valence-electron chi connectivity index (χ0n) is 16.3. The quantitative estimate of drug-likeness (QED) is 0.409. The summed E-state index contributed by atoms with van der Waals surface area (Å²) < 4.78 is 5.80. The van der Waals surface area contributed by atoms with E-state index in [0.29, 0.717) is 33.5 Å². The van der Waals surface area contributed by atoms with E-state index < -0.39 is 0 Å². The summed E-state index contributed by atoms with van der Waals surface area (Å²) in [5.41, 5.74) is 3.20. The molecule has 29 heavy (non-hydrogen) atoms. The number of H-pyrrole nitrogens is 1. The Balaban J connectivity index is 1.40. The second-order valence-electron chi connectivity index (χ2n) is 7.59. The molecule has 0 saturated carbocycles. The van der Waals surface area contributed by atoms with Gasteiger partial charge in [-0.05, 0) is 47.4 Å². The van der Waals surface area contributed by atoms with Crippen LogP contribution in [0.25, 0.3) is 22.8 Å². The first-order chi connectivity index (χ1) is 13.9. The Morgan fingerprint density at radius 3 is 2.34 bits per heavy atom. The average Bonchev–Trinajstić information content (AvgIpc) is 3.36. The predicted octanol–water partition coefficient (Wildman–Crippen LogP) is 5.76. The molecular formula is C21H20ClN5OS. The molecule has 1 N–H and O–H groups in total. The first-order valence-corrected chi connectivity index (χ1v) is 10.5. The Hall–Kier alpha value is -2.64. The van der Waals surface area contributed by atoms with Crippen molar-refractivity contribution in [2.45, 2.75) is 37.1 Å². The van der Waals surface area contributed by atoms with E-state index in [0.717, 1.165) is 11.1 Å². The molecule has 6 nitrogen and oxygen atoms in total. The van der Waals surface area contributed by atoms with E-state index >= 15 is 0 Å². The van der Waals surface area contributed by atoms with E-state index in [1.165, 1.54) is 17.3 Å². The highest BCUT2D eigenvalue weighted by Gasteiger charge is 2.15. The zero-order valence-corrected chi connectivity index (χ0v) is 17.9. The fourth-order valence-corrected chi connectivity index (χ4v) is 3.48. The fraction of sp³-hybridized carbons (Fsp3) is 0.238. The third-order valence-electron chi connectivity index (χ3n) is 4.37. The van der Waals surface area contributed by atoms with Crippen molar-refractivity contribution in [1.29, 1.82) is 0 Å². The Bertz CT molecular complexity index is 1100. The van der Waals surface area contributed by atoms with E-state index in [4.69, 9.17) is 16.0 Å². The van der Waals surface area contributed by atoms with Crippen LogP contribution in [-0.2, 0) is 11.2 Å². The van der Waals surface area contributed by atoms with Gasteiger partial charge in [-0.25, -0.2) is 4.98 Å². The lowest BCUT2D eigenvalue weighted by molar-refractivity contribution is 0.528. The molecule has 4 rings (SSSR count). The van der Waals surface area contributed by atoms with E-state index in [1.807, 2.05) is 36.4 Å². The van der Waals surface area contributed by atoms with E-state index in [2.05, 4.69) is 58.3 Å². The third-order valence-corrected chi connectivity index (χ3v) is 5.46. The van der Waals surface area contributed by atoms with Crippen LogP contribution in [0, 0.1) is 0 Å². The van der Waals surface area contributed by atoms with Gasteiger partial charge in [0, 0.05) is 16.1 Å². The van der Waals surface area contributed by atoms with Crippen LogP contribution in [0.2, 0.25) is 5.02 Å². The van der Waals surface area contributed by atoms with Crippen molar-refractivity contribution < 1.29 is 4.42 Å². The molecule has 0 unspecified atom stereocenters. The van der Waals surface area contributed by atoms with Gasteiger partial charge < -0.3 is 4.42 Å². The van der Waals surface area contributed by atoms with Crippen LogP contribution in [0.5, 0.6) is 0 Å². The molecule has 0 aliphatic carbocycles. The van der Waals surface area contributed by atoms with Crippen LogP contribution in [0.3, 0.4) is 0 Å². The molecule has 8 heteroatoms. The van der Waals surface area contributed by atoms with Gasteiger partial charge in [-0.15, -0.1) is 15.3 Å². The number of aromatic amines is 1. The monoisotopic (exact) mass is 425 g/mol. The molecule has 0 radical (unpaired) electrons. The molecule has 0 aliphatic heterocycles. The summed E-state index contributed by atoms with van der Waals surface area (Å²) in [6.45, 7) is 6.56. The van der Waals surface area contributed by atoms with Crippen molar-refractivity contribution in [2.75, 3.05) is 0 Å². The van der Waals surface area contributed by atoms with Gasteiger partial charge in [-0.1, -0.05) is 56.3 Å². The highest BCUT2D eigenvalue weighted by Crippen LogP contribution is 2.27. The lowest BCUT2D eigenvalue weighted by Crippen LogP contribution is -2.10. The van der Waals surface area contributed by atoms with Crippen LogP contribution in [0.1, 0.15) is 32.2 Å². The number of hydrogen-bond donors (Lipinski definition) is 1. The zero-order chi connectivity index (χ0) is 20.4. The fourth-order valence-electron chi connectivity index (χ4n) is 2.72. The highest BCUT2D eigenvalue weighted by molar-refractivity contribution is 7.98. The topological polar surface area (TPSA) is 80.5 Å². The number of nitrogens with one attached hydrogen (secondary N) is 1. The van der Waals surface area contributed by atoms with Crippen molar-refractivity contribution in [3.63, 3.8) is 0 Å². The Morgan fingerprint density at radius 1 is 0.966 bits per heavy atom. The normalized spacial score (nSPS) is 11.7. The van der Waals surface area contributed by atoms with Gasteiger partial charge in [0.25, 0.3) is 0 Å². The standard InChI is InChI=1S/C21H20ClN5OS/c1-21(2,3)15-8-4-14(5-9-15)19-26-24-17(28-19)12-29-20-23-18(25-27-20)13-6-10-16(22)11-7-13/h4-11H,12H2,1-3H3,(H,23,25,27). The molecule has 0 aliphatic rings. The maximum absolute atomic E-state index is 5.92. The van der Waals surface area contributed by atoms with Crippen molar-refractivity contribution in [2.24, 2.45) is 0 Å². The summed E-state index contributed by atoms with van der Waals surface area (Å²) in [7, 11) is 0. The second kappa shape index (κ2) is 8.00. The van der Waals surface area contributed by atoms with E-state index in [9.17, 15) is 0 Å². The molecular weight excluding hydrogens is 406 g/mol. The van der Waals surface area contributed by atoms with Crippen molar-refractivity contribution in [3.05, 3.63) is 65.0 Å². The molecule has 0 fully saturated rings. The number of hydrogen-bond acceptors (Lipinski definition) is 6. The van der Waals surface area contributed by atoms with Gasteiger partial charge in [0.05, 0.1) is 5.75 Å². The molecule has 2 heterocycles. The molecule has 4 aromatic rings. The van der Waals surface area contributed by atoms with E-state index in [-0.39, 0.29) is 5.41 Å². The largest absolute Gasteiger partial charge is 0.420 e. The van der Waals surface area contributed by atoms with Gasteiger partial charge in [0.1, 0.15) is 0 Å². The summed E-state index contributed by atoms with van der Waals surface area (Å²) in [6.07, 6.45) is 0. The number of halogens is 1. The van der Waals surface area contributed by atoms with Crippen molar-refractivity contribution in [1.82, 2.24) is 25.4 Å². The Labute approximate surface area is 178 Å². The predicted molar refractivity (Wildman–Crippen MR) is 115 cm³/mol. The molecule has 148 valence electrons. The minimum absolute atomic E-state index is 0.108. The summed E-state index contributed by atoms with van der Waals surface area (Å²) in [5.74, 6) is 2.22. The van der Waals surface area contributed by atoms with Crippen LogP contribution >= 0.6 is 23.4 Å². The lowest BCUT2D eigenvalue weighted by atomic mass is 9.87. The molecule has 0 amide bonds.